The van der Waals surface area contributed by atoms with Crippen molar-refractivity contribution in [2.45, 2.75) is 6.92 Å². The summed E-state index contributed by atoms with van der Waals surface area (Å²) in [6, 6.07) is 15.5. The minimum absolute atomic E-state index is 0.715. The average Bonchev–Trinajstić information content (AvgIpc) is 2.88. The van der Waals surface area contributed by atoms with Gasteiger partial charge in [-0.1, -0.05) is 47.5 Å². The van der Waals surface area contributed by atoms with Gasteiger partial charge in [-0.25, -0.2) is 4.98 Å². The first kappa shape index (κ1) is 12.2. The lowest BCUT2D eigenvalue weighted by Crippen LogP contribution is -1.84. The number of aromatic nitrogens is 2. The van der Waals surface area contributed by atoms with Crippen molar-refractivity contribution < 1.29 is 4.52 Å². The van der Waals surface area contributed by atoms with Crippen LogP contribution in [0.5, 0.6) is 0 Å². The molecule has 3 rings (SSSR count). The molecule has 0 N–H and O–H groups in total. The summed E-state index contributed by atoms with van der Waals surface area (Å²) in [4.78, 5) is 4.19. The van der Waals surface area contributed by atoms with Crippen molar-refractivity contribution in [1.29, 1.82) is 0 Å². The van der Waals surface area contributed by atoms with E-state index in [0.29, 0.717) is 5.76 Å². The summed E-state index contributed by atoms with van der Waals surface area (Å²) in [5.41, 5.74) is 3.30. The molecule has 2 heterocycles. The van der Waals surface area contributed by atoms with Gasteiger partial charge in [-0.2, -0.15) is 0 Å². The Bertz CT molecular complexity index is 765. The van der Waals surface area contributed by atoms with Crippen LogP contribution in [0, 0.1) is 18.8 Å². The molecule has 0 amide bonds. The molecule has 0 saturated carbocycles. The highest BCUT2D eigenvalue weighted by atomic mass is 16.5. The number of benzene rings is 1. The summed E-state index contributed by atoms with van der Waals surface area (Å²) in [6.45, 7) is 1.86. The first-order chi connectivity index (χ1) is 9.84. The summed E-state index contributed by atoms with van der Waals surface area (Å²) in [7, 11) is 0. The number of aryl methyl sites for hydroxylation is 1. The molecule has 3 aromatic rings. The van der Waals surface area contributed by atoms with Crippen LogP contribution in [0.4, 0.5) is 0 Å². The Morgan fingerprint density at radius 3 is 2.50 bits per heavy atom. The number of pyridine rings is 1. The third kappa shape index (κ3) is 2.45. The van der Waals surface area contributed by atoms with Crippen LogP contribution in [0.2, 0.25) is 0 Å². The van der Waals surface area contributed by atoms with Gasteiger partial charge in [0.15, 0.2) is 0 Å². The second kappa shape index (κ2) is 5.41. The van der Waals surface area contributed by atoms with Crippen LogP contribution in [0.1, 0.15) is 17.0 Å². The van der Waals surface area contributed by atoms with Crippen LogP contribution in [0.3, 0.4) is 0 Å². The molecule has 0 aliphatic carbocycles. The van der Waals surface area contributed by atoms with Crippen molar-refractivity contribution in [3.05, 3.63) is 71.7 Å². The molecule has 2 aromatic heterocycles. The third-order valence-electron chi connectivity index (χ3n) is 2.89. The van der Waals surface area contributed by atoms with Crippen LogP contribution in [0.25, 0.3) is 11.3 Å². The van der Waals surface area contributed by atoms with Crippen molar-refractivity contribution >= 4 is 0 Å². The number of hydrogen-bond donors (Lipinski definition) is 0. The SMILES string of the molecule is Cc1onc(-c2ccccc2)c1C#Cc1ccccn1. The van der Waals surface area contributed by atoms with Gasteiger partial charge in [0.1, 0.15) is 17.1 Å². The number of rotatable bonds is 1. The van der Waals surface area contributed by atoms with E-state index in [0.717, 1.165) is 22.5 Å². The molecule has 0 bridgehead atoms. The molecule has 3 nitrogen and oxygen atoms in total. The van der Waals surface area contributed by atoms with Crippen LogP contribution >= 0.6 is 0 Å². The lowest BCUT2D eigenvalue weighted by atomic mass is 10.1. The van der Waals surface area contributed by atoms with E-state index in [1.54, 1.807) is 6.20 Å². The predicted molar refractivity (Wildman–Crippen MR) is 76.9 cm³/mol. The molecule has 0 unspecified atom stereocenters. The molecule has 1 aromatic carbocycles. The van der Waals surface area contributed by atoms with E-state index in [1.807, 2.05) is 55.5 Å². The maximum absolute atomic E-state index is 5.27. The highest BCUT2D eigenvalue weighted by Gasteiger charge is 2.12. The van der Waals surface area contributed by atoms with Crippen LogP contribution in [-0.2, 0) is 0 Å². The van der Waals surface area contributed by atoms with Gasteiger partial charge < -0.3 is 4.52 Å². The zero-order chi connectivity index (χ0) is 13.8. The molecule has 0 atom stereocenters. The van der Waals surface area contributed by atoms with Crippen molar-refractivity contribution in [2.75, 3.05) is 0 Å². The molecule has 0 radical (unpaired) electrons. The molecular formula is C17H12N2O. The van der Waals surface area contributed by atoms with Crippen molar-refractivity contribution in [1.82, 2.24) is 10.1 Å². The maximum Gasteiger partial charge on any atom is 0.149 e. The first-order valence-electron chi connectivity index (χ1n) is 6.29. The van der Waals surface area contributed by atoms with Gasteiger partial charge in [-0.05, 0) is 25.0 Å². The van der Waals surface area contributed by atoms with E-state index < -0.39 is 0 Å². The second-order valence-corrected chi connectivity index (χ2v) is 4.29. The molecule has 0 aliphatic rings. The zero-order valence-electron chi connectivity index (χ0n) is 11.0. The largest absolute Gasteiger partial charge is 0.360 e. The van der Waals surface area contributed by atoms with Gasteiger partial charge in [0.05, 0.1) is 5.56 Å². The average molecular weight is 260 g/mol. The van der Waals surface area contributed by atoms with E-state index in [2.05, 4.69) is 22.0 Å². The fourth-order valence-corrected chi connectivity index (χ4v) is 1.88. The van der Waals surface area contributed by atoms with Gasteiger partial charge in [-0.3, -0.25) is 0 Å². The normalized spacial score (nSPS) is 9.85. The van der Waals surface area contributed by atoms with Gasteiger partial charge in [0.2, 0.25) is 0 Å². The van der Waals surface area contributed by atoms with E-state index in [9.17, 15) is 0 Å². The van der Waals surface area contributed by atoms with E-state index in [4.69, 9.17) is 4.52 Å². The molecule has 20 heavy (non-hydrogen) atoms. The lowest BCUT2D eigenvalue weighted by molar-refractivity contribution is 0.399. The number of nitrogens with zero attached hydrogens (tertiary/aromatic N) is 2. The highest BCUT2D eigenvalue weighted by molar-refractivity contribution is 5.68. The zero-order valence-corrected chi connectivity index (χ0v) is 11.0. The number of hydrogen-bond acceptors (Lipinski definition) is 3. The Kier molecular flexibility index (Phi) is 3.30. The molecule has 3 heteroatoms. The van der Waals surface area contributed by atoms with Crippen LogP contribution in [0.15, 0.2) is 59.3 Å². The Morgan fingerprint density at radius 2 is 1.75 bits per heavy atom. The van der Waals surface area contributed by atoms with Crippen LogP contribution < -0.4 is 0 Å². The smallest absolute Gasteiger partial charge is 0.149 e. The molecule has 0 saturated heterocycles. The van der Waals surface area contributed by atoms with Gasteiger partial charge >= 0.3 is 0 Å². The Hall–Kier alpha value is -2.86. The summed E-state index contributed by atoms with van der Waals surface area (Å²) >= 11 is 0. The monoisotopic (exact) mass is 260 g/mol. The quantitative estimate of drug-likeness (QED) is 0.629. The van der Waals surface area contributed by atoms with Crippen molar-refractivity contribution in [2.24, 2.45) is 0 Å². The summed E-state index contributed by atoms with van der Waals surface area (Å²) in [6.07, 6.45) is 1.72. The van der Waals surface area contributed by atoms with Crippen LogP contribution in [-0.4, -0.2) is 10.1 Å². The minimum Gasteiger partial charge on any atom is -0.360 e. The summed E-state index contributed by atoms with van der Waals surface area (Å²) < 4.78 is 5.27. The standard InChI is InChI=1S/C17H12N2O/c1-13-16(11-10-15-9-5-6-12-18-15)17(19-20-13)14-7-3-2-4-8-14/h2-9,12H,1H3. The molecule has 0 spiro atoms. The van der Waals surface area contributed by atoms with Crippen molar-refractivity contribution in [3.8, 4) is 23.1 Å². The molecule has 0 fully saturated rings. The van der Waals surface area contributed by atoms with E-state index >= 15 is 0 Å². The Morgan fingerprint density at radius 1 is 0.950 bits per heavy atom. The molecular weight excluding hydrogens is 248 g/mol. The third-order valence-corrected chi connectivity index (χ3v) is 2.89. The molecule has 0 aliphatic heterocycles. The molecule has 96 valence electrons. The minimum atomic E-state index is 0.715. The Labute approximate surface area is 117 Å². The van der Waals surface area contributed by atoms with E-state index in [1.165, 1.54) is 0 Å². The van der Waals surface area contributed by atoms with E-state index in [-0.39, 0.29) is 0 Å². The maximum atomic E-state index is 5.27. The van der Waals surface area contributed by atoms with Crippen molar-refractivity contribution in [3.63, 3.8) is 0 Å². The topological polar surface area (TPSA) is 38.9 Å². The van der Waals surface area contributed by atoms with Gasteiger partial charge in [0, 0.05) is 11.8 Å². The first-order valence-corrected chi connectivity index (χ1v) is 6.29. The van der Waals surface area contributed by atoms with Gasteiger partial charge in [-0.15, -0.1) is 0 Å². The van der Waals surface area contributed by atoms with Gasteiger partial charge in [0.25, 0.3) is 0 Å². The fraction of sp³-hybridized carbons (Fsp3) is 0.0588. The lowest BCUT2D eigenvalue weighted by Gasteiger charge is -1.95. The Balaban J connectivity index is 2.03. The predicted octanol–water partition coefficient (Wildman–Crippen LogP) is 3.44. The second-order valence-electron chi connectivity index (χ2n) is 4.29. The highest BCUT2D eigenvalue weighted by Crippen LogP contribution is 2.24. The fourth-order valence-electron chi connectivity index (χ4n) is 1.88. The summed E-state index contributed by atoms with van der Waals surface area (Å²) in [5.74, 6) is 6.86. The summed E-state index contributed by atoms with van der Waals surface area (Å²) in [5, 5.41) is 4.10.